The summed E-state index contributed by atoms with van der Waals surface area (Å²) in [7, 11) is 0. The second kappa shape index (κ2) is 9.17. The summed E-state index contributed by atoms with van der Waals surface area (Å²) in [6.45, 7) is 0. The van der Waals surface area contributed by atoms with Crippen LogP contribution in [0.2, 0.25) is 0 Å². The lowest BCUT2D eigenvalue weighted by Gasteiger charge is -2.45. The number of nitrogens with one attached hydrogen (secondary N) is 1. The number of aromatic nitrogens is 2. The molecule has 4 aromatic rings. The summed E-state index contributed by atoms with van der Waals surface area (Å²) in [5.41, 5.74) is 3.69. The molecule has 0 spiro atoms. The number of hydrogen-bond donors (Lipinski definition) is 2. The molecule has 0 bridgehead atoms. The molecule has 6 heteroatoms. The van der Waals surface area contributed by atoms with Gasteiger partial charge in [-0.25, -0.2) is 0 Å². The van der Waals surface area contributed by atoms with Gasteiger partial charge in [0.1, 0.15) is 6.10 Å². The molecule has 1 amide bonds. The average molecular weight is 454 g/mol. The molecule has 1 aromatic heterocycles. The molecule has 0 aliphatic carbocycles. The van der Waals surface area contributed by atoms with Gasteiger partial charge in [0.2, 0.25) is 5.91 Å². The van der Waals surface area contributed by atoms with E-state index < -0.39 is 16.8 Å². The van der Waals surface area contributed by atoms with Crippen molar-refractivity contribution >= 4 is 17.7 Å². The van der Waals surface area contributed by atoms with Crippen LogP contribution in [0.3, 0.4) is 0 Å². The number of aliphatic hydroxyl groups is 1. The van der Waals surface area contributed by atoms with Gasteiger partial charge in [0.15, 0.2) is 0 Å². The first kappa shape index (κ1) is 21.4. The summed E-state index contributed by atoms with van der Waals surface area (Å²) >= 11 is 1.63. The number of carbonyl (C=O) groups is 1. The van der Waals surface area contributed by atoms with Crippen molar-refractivity contribution in [3.8, 4) is 0 Å². The van der Waals surface area contributed by atoms with Gasteiger partial charge >= 0.3 is 0 Å². The van der Waals surface area contributed by atoms with E-state index in [0.29, 0.717) is 5.69 Å². The Morgan fingerprint density at radius 3 is 1.73 bits per heavy atom. The Hall–Kier alpha value is -3.48. The number of thioether (sulfide) groups is 1. The zero-order chi connectivity index (χ0) is 22.7. The number of amides is 1. The fourth-order valence-electron chi connectivity index (χ4n) is 4.35. The summed E-state index contributed by atoms with van der Waals surface area (Å²) in [5.74, 6) is -0.823. The van der Waals surface area contributed by atoms with Crippen molar-refractivity contribution in [2.24, 2.45) is 5.92 Å². The van der Waals surface area contributed by atoms with Crippen molar-refractivity contribution in [2.75, 3.05) is 0 Å². The average Bonchev–Trinajstić information content (AvgIpc) is 2.88. The van der Waals surface area contributed by atoms with E-state index >= 15 is 0 Å². The highest BCUT2D eigenvalue weighted by Gasteiger charge is 2.51. The van der Waals surface area contributed by atoms with Crippen molar-refractivity contribution in [1.29, 1.82) is 0 Å². The first-order valence-corrected chi connectivity index (χ1v) is 11.7. The van der Waals surface area contributed by atoms with Crippen LogP contribution in [0.25, 0.3) is 0 Å². The standard InChI is InChI=1S/C27H23N3O2S/c31-24(22-17-10-18-28-30-22)23-25(32)29-26(23)33-27(19-11-4-1-5-12-19,20-13-6-2-7-14-20)21-15-8-3-9-16-21/h1-18,23-24,26,31H,(H,29,32). The van der Waals surface area contributed by atoms with Crippen LogP contribution >= 0.6 is 11.8 Å². The molecular weight excluding hydrogens is 430 g/mol. The third-order valence-corrected chi connectivity index (χ3v) is 7.72. The lowest BCUT2D eigenvalue weighted by atomic mass is 9.84. The van der Waals surface area contributed by atoms with Gasteiger partial charge in [0.25, 0.3) is 0 Å². The second-order valence-electron chi connectivity index (χ2n) is 7.95. The van der Waals surface area contributed by atoms with Gasteiger partial charge in [-0.15, -0.1) is 11.8 Å². The lowest BCUT2D eigenvalue weighted by molar-refractivity contribution is -0.138. The van der Waals surface area contributed by atoms with Gasteiger partial charge in [-0.3, -0.25) is 4.79 Å². The number of nitrogens with zero attached hydrogens (tertiary/aromatic N) is 2. The predicted octanol–water partition coefficient (Wildman–Crippen LogP) is 4.31. The first-order valence-electron chi connectivity index (χ1n) is 10.8. The summed E-state index contributed by atoms with van der Waals surface area (Å²) in [4.78, 5) is 12.6. The van der Waals surface area contributed by atoms with Crippen LogP contribution in [0.15, 0.2) is 109 Å². The zero-order valence-corrected chi connectivity index (χ0v) is 18.6. The normalized spacial score (nSPS) is 18.8. The molecule has 3 unspecified atom stereocenters. The third-order valence-electron chi connectivity index (χ3n) is 5.99. The highest BCUT2D eigenvalue weighted by atomic mass is 32.2. The van der Waals surface area contributed by atoms with Crippen LogP contribution in [-0.4, -0.2) is 26.6 Å². The predicted molar refractivity (Wildman–Crippen MR) is 129 cm³/mol. The van der Waals surface area contributed by atoms with Gasteiger partial charge in [-0.2, -0.15) is 10.2 Å². The lowest BCUT2D eigenvalue weighted by Crippen LogP contribution is -2.60. The van der Waals surface area contributed by atoms with Crippen molar-refractivity contribution in [1.82, 2.24) is 15.5 Å². The number of aliphatic hydroxyl groups excluding tert-OH is 1. The van der Waals surface area contributed by atoms with Gasteiger partial charge in [-0.1, -0.05) is 91.0 Å². The minimum Gasteiger partial charge on any atom is -0.386 e. The van der Waals surface area contributed by atoms with Gasteiger partial charge in [0.05, 0.1) is 21.7 Å². The second-order valence-corrected chi connectivity index (χ2v) is 9.30. The number of hydrogen-bond acceptors (Lipinski definition) is 5. The maximum absolute atomic E-state index is 12.6. The van der Waals surface area contributed by atoms with E-state index in [4.69, 9.17) is 0 Å². The molecular formula is C27H23N3O2S. The molecule has 1 aliphatic rings. The Morgan fingerprint density at radius 1 is 0.788 bits per heavy atom. The summed E-state index contributed by atoms with van der Waals surface area (Å²) < 4.78 is -0.595. The van der Waals surface area contributed by atoms with E-state index in [1.54, 1.807) is 30.1 Å². The molecule has 164 valence electrons. The van der Waals surface area contributed by atoms with Gasteiger partial charge in [-0.05, 0) is 28.8 Å². The van der Waals surface area contributed by atoms with Crippen LogP contribution in [0, 0.1) is 5.92 Å². The van der Waals surface area contributed by atoms with E-state index in [2.05, 4.69) is 51.9 Å². The quantitative estimate of drug-likeness (QED) is 0.322. The molecule has 3 atom stereocenters. The Morgan fingerprint density at radius 2 is 1.30 bits per heavy atom. The number of β-lactam (4-membered cyclic amide) rings is 1. The molecule has 2 heterocycles. The monoisotopic (exact) mass is 453 g/mol. The third kappa shape index (κ3) is 3.92. The number of benzene rings is 3. The van der Waals surface area contributed by atoms with E-state index in [-0.39, 0.29) is 11.3 Å². The van der Waals surface area contributed by atoms with E-state index in [1.807, 2.05) is 54.6 Å². The molecule has 5 rings (SSSR count). The molecule has 1 aliphatic heterocycles. The fourth-order valence-corrected chi connectivity index (χ4v) is 6.14. The SMILES string of the molecule is O=C1NC(SC(c2ccccc2)(c2ccccc2)c2ccccc2)C1C(O)c1cccnn1. The van der Waals surface area contributed by atoms with Crippen molar-refractivity contribution in [3.05, 3.63) is 132 Å². The molecule has 0 saturated carbocycles. The highest BCUT2D eigenvalue weighted by Crippen LogP contribution is 2.53. The summed E-state index contributed by atoms with van der Waals surface area (Å²) in [6, 6.07) is 34.3. The maximum atomic E-state index is 12.6. The maximum Gasteiger partial charge on any atom is 0.230 e. The summed E-state index contributed by atoms with van der Waals surface area (Å²) in [5, 5.41) is 21.6. The molecule has 2 N–H and O–H groups in total. The molecule has 3 aromatic carbocycles. The summed E-state index contributed by atoms with van der Waals surface area (Å²) in [6.07, 6.45) is 0.513. The van der Waals surface area contributed by atoms with Crippen molar-refractivity contribution in [3.63, 3.8) is 0 Å². The van der Waals surface area contributed by atoms with Crippen molar-refractivity contribution < 1.29 is 9.90 Å². The van der Waals surface area contributed by atoms with Crippen LogP contribution < -0.4 is 5.32 Å². The topological polar surface area (TPSA) is 75.1 Å². The Kier molecular flexibility index (Phi) is 5.94. The molecule has 1 saturated heterocycles. The molecule has 5 nitrogen and oxygen atoms in total. The van der Waals surface area contributed by atoms with Crippen LogP contribution in [0.4, 0.5) is 0 Å². The van der Waals surface area contributed by atoms with E-state index in [1.165, 1.54) is 0 Å². The van der Waals surface area contributed by atoms with E-state index in [9.17, 15) is 9.90 Å². The van der Waals surface area contributed by atoms with Gasteiger partial charge in [0, 0.05) is 6.20 Å². The smallest absolute Gasteiger partial charge is 0.230 e. The molecule has 0 radical (unpaired) electrons. The Labute approximate surface area is 196 Å². The number of rotatable bonds is 7. The van der Waals surface area contributed by atoms with E-state index in [0.717, 1.165) is 16.7 Å². The molecule has 33 heavy (non-hydrogen) atoms. The molecule has 1 fully saturated rings. The largest absolute Gasteiger partial charge is 0.386 e. The minimum absolute atomic E-state index is 0.186. The van der Waals surface area contributed by atoms with Crippen LogP contribution in [-0.2, 0) is 9.54 Å². The van der Waals surface area contributed by atoms with Gasteiger partial charge < -0.3 is 10.4 Å². The highest BCUT2D eigenvalue weighted by molar-refractivity contribution is 8.01. The van der Waals surface area contributed by atoms with Crippen LogP contribution in [0.1, 0.15) is 28.5 Å². The Balaban J connectivity index is 1.62. The fraction of sp³-hybridized carbons (Fsp3) is 0.148. The Bertz CT molecular complexity index is 1110. The minimum atomic E-state index is -1.04. The zero-order valence-electron chi connectivity index (χ0n) is 17.8. The van der Waals surface area contributed by atoms with Crippen LogP contribution in [0.5, 0.6) is 0 Å². The first-order chi connectivity index (χ1) is 16.2. The van der Waals surface area contributed by atoms with Crippen molar-refractivity contribution in [2.45, 2.75) is 16.2 Å². The number of carbonyl (C=O) groups excluding carboxylic acids is 1.